The van der Waals surface area contributed by atoms with Gasteiger partial charge in [-0.1, -0.05) is 29.5 Å². The van der Waals surface area contributed by atoms with E-state index < -0.39 is 0 Å². The SMILES string of the molecule is O=C(Cc1nnc(-c2cnc(NC3Cc4ccccc4C3)nc2C2CC2)o1)N1CCc2[nH]nnc2C1. The van der Waals surface area contributed by atoms with Crippen molar-refractivity contribution in [3.8, 4) is 11.5 Å². The molecule has 1 saturated carbocycles. The zero-order valence-electron chi connectivity index (χ0n) is 19.6. The van der Waals surface area contributed by atoms with E-state index in [0.717, 1.165) is 48.3 Å². The maximum absolute atomic E-state index is 12.8. The van der Waals surface area contributed by atoms with E-state index in [-0.39, 0.29) is 24.3 Å². The Hall–Kier alpha value is -4.15. The summed E-state index contributed by atoms with van der Waals surface area (Å²) in [4.78, 5) is 24.0. The maximum atomic E-state index is 12.8. The highest BCUT2D eigenvalue weighted by atomic mass is 16.4. The number of hydrogen-bond donors (Lipinski definition) is 2. The van der Waals surface area contributed by atoms with Crippen molar-refractivity contribution in [2.45, 2.75) is 57.0 Å². The molecule has 1 aromatic carbocycles. The number of amides is 1. The van der Waals surface area contributed by atoms with Gasteiger partial charge >= 0.3 is 0 Å². The Kier molecular flexibility index (Phi) is 5.00. The molecule has 4 heterocycles. The molecule has 0 spiro atoms. The normalized spacial score (nSPS) is 17.2. The minimum absolute atomic E-state index is 0.0433. The third-order valence-corrected chi connectivity index (χ3v) is 7.20. The first-order chi connectivity index (χ1) is 17.7. The molecule has 4 aromatic rings. The topological polar surface area (TPSA) is 139 Å². The number of benzene rings is 1. The Bertz CT molecular complexity index is 1420. The fourth-order valence-electron chi connectivity index (χ4n) is 5.13. The van der Waals surface area contributed by atoms with Gasteiger partial charge in [0.15, 0.2) is 0 Å². The third kappa shape index (κ3) is 4.00. The van der Waals surface area contributed by atoms with Gasteiger partial charge in [0.2, 0.25) is 17.7 Å². The molecule has 7 rings (SSSR count). The van der Waals surface area contributed by atoms with Crippen LogP contribution in [0.1, 0.15) is 52.9 Å². The van der Waals surface area contributed by atoms with Crippen molar-refractivity contribution in [3.05, 3.63) is 64.6 Å². The van der Waals surface area contributed by atoms with E-state index in [0.29, 0.717) is 37.3 Å². The second kappa shape index (κ2) is 8.51. The van der Waals surface area contributed by atoms with Crippen LogP contribution in [0.15, 0.2) is 34.9 Å². The molecule has 0 bridgehead atoms. The summed E-state index contributed by atoms with van der Waals surface area (Å²) in [6.07, 6.45) is 6.61. The van der Waals surface area contributed by atoms with Crippen LogP contribution in [-0.4, -0.2) is 59.0 Å². The molecule has 0 atom stereocenters. The number of rotatable bonds is 6. The van der Waals surface area contributed by atoms with Gasteiger partial charge in [-0.3, -0.25) is 9.89 Å². The van der Waals surface area contributed by atoms with E-state index in [9.17, 15) is 4.79 Å². The summed E-state index contributed by atoms with van der Waals surface area (Å²) in [7, 11) is 0. The molecule has 1 amide bonds. The average molecular weight is 484 g/mol. The summed E-state index contributed by atoms with van der Waals surface area (Å²) >= 11 is 0. The van der Waals surface area contributed by atoms with Gasteiger partial charge in [-0.2, -0.15) is 0 Å². The van der Waals surface area contributed by atoms with Crippen molar-refractivity contribution in [1.82, 2.24) is 40.5 Å². The summed E-state index contributed by atoms with van der Waals surface area (Å²) in [5.41, 5.74) is 6.23. The van der Waals surface area contributed by atoms with Gasteiger partial charge in [-0.15, -0.1) is 15.3 Å². The summed E-state index contributed by atoms with van der Waals surface area (Å²) in [6.45, 7) is 1.04. The van der Waals surface area contributed by atoms with Crippen molar-refractivity contribution in [1.29, 1.82) is 0 Å². The lowest BCUT2D eigenvalue weighted by molar-refractivity contribution is -0.131. The van der Waals surface area contributed by atoms with Crippen LogP contribution in [-0.2, 0) is 37.0 Å². The van der Waals surface area contributed by atoms with Gasteiger partial charge in [-0.05, 0) is 36.8 Å². The number of hydrogen-bond acceptors (Lipinski definition) is 9. The number of anilines is 1. The molecule has 0 saturated heterocycles. The number of aromatic nitrogens is 7. The van der Waals surface area contributed by atoms with Crippen LogP contribution < -0.4 is 5.32 Å². The van der Waals surface area contributed by atoms with E-state index in [2.05, 4.69) is 60.2 Å². The van der Waals surface area contributed by atoms with E-state index in [4.69, 9.17) is 9.40 Å². The van der Waals surface area contributed by atoms with E-state index >= 15 is 0 Å². The van der Waals surface area contributed by atoms with Crippen LogP contribution in [0.25, 0.3) is 11.5 Å². The molecule has 36 heavy (non-hydrogen) atoms. The van der Waals surface area contributed by atoms with Crippen molar-refractivity contribution in [2.75, 3.05) is 11.9 Å². The Balaban J connectivity index is 1.06. The van der Waals surface area contributed by atoms with Crippen LogP contribution in [0.5, 0.6) is 0 Å². The fraction of sp³-hybridized carbons (Fsp3) is 0.400. The predicted octanol–water partition coefficient (Wildman–Crippen LogP) is 2.23. The number of nitrogens with one attached hydrogen (secondary N) is 2. The molecule has 11 heteroatoms. The van der Waals surface area contributed by atoms with Crippen LogP contribution >= 0.6 is 0 Å². The second-order valence-corrected chi connectivity index (χ2v) is 9.77. The molecule has 1 fully saturated rings. The Morgan fingerprint density at radius 1 is 1.14 bits per heavy atom. The molecular weight excluding hydrogens is 458 g/mol. The molecule has 3 aromatic heterocycles. The first kappa shape index (κ1) is 21.2. The predicted molar refractivity (Wildman–Crippen MR) is 128 cm³/mol. The van der Waals surface area contributed by atoms with Crippen LogP contribution in [0.3, 0.4) is 0 Å². The minimum Gasteiger partial charge on any atom is -0.420 e. The number of nitrogens with zero attached hydrogens (tertiary/aromatic N) is 7. The minimum atomic E-state index is -0.0744. The number of H-pyrrole nitrogens is 1. The Morgan fingerprint density at radius 3 is 2.78 bits per heavy atom. The highest BCUT2D eigenvalue weighted by molar-refractivity contribution is 5.78. The lowest BCUT2D eigenvalue weighted by atomic mass is 10.1. The molecule has 2 N–H and O–H groups in total. The van der Waals surface area contributed by atoms with E-state index in [1.54, 1.807) is 11.1 Å². The highest BCUT2D eigenvalue weighted by Gasteiger charge is 2.32. The van der Waals surface area contributed by atoms with Crippen molar-refractivity contribution >= 4 is 11.9 Å². The summed E-state index contributed by atoms with van der Waals surface area (Å²) < 4.78 is 5.92. The monoisotopic (exact) mass is 483 g/mol. The largest absolute Gasteiger partial charge is 0.420 e. The van der Waals surface area contributed by atoms with Crippen molar-refractivity contribution < 1.29 is 9.21 Å². The number of carbonyl (C=O) groups excluding carboxylic acids is 1. The smallest absolute Gasteiger partial charge is 0.251 e. The molecule has 11 nitrogen and oxygen atoms in total. The summed E-state index contributed by atoms with van der Waals surface area (Å²) in [5.74, 6) is 1.57. The first-order valence-electron chi connectivity index (χ1n) is 12.4. The molecule has 3 aliphatic rings. The van der Waals surface area contributed by atoms with Crippen LogP contribution in [0.2, 0.25) is 0 Å². The Morgan fingerprint density at radius 2 is 1.97 bits per heavy atom. The fourth-order valence-corrected chi connectivity index (χ4v) is 5.13. The molecule has 182 valence electrons. The number of aromatic amines is 1. The quantitative estimate of drug-likeness (QED) is 0.423. The van der Waals surface area contributed by atoms with Gasteiger partial charge in [-0.25, -0.2) is 9.97 Å². The van der Waals surface area contributed by atoms with Gasteiger partial charge in [0.1, 0.15) is 12.1 Å². The molecule has 0 radical (unpaired) electrons. The maximum Gasteiger partial charge on any atom is 0.251 e. The number of carbonyl (C=O) groups is 1. The Labute approximate surface area is 206 Å². The molecule has 0 unspecified atom stereocenters. The zero-order chi connectivity index (χ0) is 24.1. The number of fused-ring (bicyclic) bond motifs is 2. The first-order valence-corrected chi connectivity index (χ1v) is 12.4. The average Bonchev–Trinajstić information content (AvgIpc) is 3.25. The summed E-state index contributed by atoms with van der Waals surface area (Å²) in [6, 6.07) is 8.83. The second-order valence-electron chi connectivity index (χ2n) is 9.77. The lowest BCUT2D eigenvalue weighted by Gasteiger charge is -2.25. The lowest BCUT2D eigenvalue weighted by Crippen LogP contribution is -2.37. The van der Waals surface area contributed by atoms with Gasteiger partial charge in [0.05, 0.1) is 23.5 Å². The summed E-state index contributed by atoms with van der Waals surface area (Å²) in [5, 5.41) is 22.6. The third-order valence-electron chi connectivity index (χ3n) is 7.20. The van der Waals surface area contributed by atoms with Gasteiger partial charge in [0.25, 0.3) is 5.89 Å². The zero-order valence-corrected chi connectivity index (χ0v) is 19.6. The molecular formula is C25H25N9O2. The van der Waals surface area contributed by atoms with Crippen molar-refractivity contribution in [2.24, 2.45) is 0 Å². The molecule has 2 aliphatic carbocycles. The highest BCUT2D eigenvalue weighted by Crippen LogP contribution is 2.43. The van der Waals surface area contributed by atoms with E-state index in [1.165, 1.54) is 11.1 Å². The standard InChI is InChI=1S/C25H25N9O2/c35-22(34-8-7-19-20(13-34)30-33-29-19)11-21-31-32-24(36-21)18-12-26-25(28-23(18)14-5-6-14)27-17-9-15-3-1-2-4-16(15)10-17/h1-4,12,14,17H,5-11,13H2,(H,26,27,28)(H,29,30,33). The van der Waals surface area contributed by atoms with Crippen LogP contribution in [0, 0.1) is 0 Å². The van der Waals surface area contributed by atoms with E-state index in [1.807, 2.05) is 0 Å². The van der Waals surface area contributed by atoms with Crippen molar-refractivity contribution in [3.63, 3.8) is 0 Å². The van der Waals surface area contributed by atoms with Gasteiger partial charge in [0, 0.05) is 31.1 Å². The molecule has 1 aliphatic heterocycles. The van der Waals surface area contributed by atoms with Gasteiger partial charge < -0.3 is 14.6 Å². The van der Waals surface area contributed by atoms with Crippen LogP contribution in [0.4, 0.5) is 5.95 Å².